The van der Waals surface area contributed by atoms with E-state index in [4.69, 9.17) is 9.84 Å². The molecular formula is C21H24F2N2O5. The van der Waals surface area contributed by atoms with Gasteiger partial charge in [-0.25, -0.2) is 4.79 Å². The number of aromatic nitrogens is 1. The van der Waals surface area contributed by atoms with Crippen LogP contribution in [0.4, 0.5) is 8.78 Å². The number of aromatic carboxylic acids is 1. The number of hydrogen-bond acceptors (Lipinski definition) is 5. The van der Waals surface area contributed by atoms with E-state index in [-0.39, 0.29) is 35.8 Å². The first-order valence-corrected chi connectivity index (χ1v) is 9.32. The summed E-state index contributed by atoms with van der Waals surface area (Å²) in [4.78, 5) is 27.7. The number of nitrogens with zero attached hydrogens (tertiary/aromatic N) is 1. The van der Waals surface area contributed by atoms with Gasteiger partial charge in [-0.2, -0.15) is 8.78 Å². The maximum Gasteiger partial charge on any atom is 0.387 e. The van der Waals surface area contributed by atoms with Crippen molar-refractivity contribution in [3.8, 4) is 5.75 Å². The van der Waals surface area contributed by atoms with Gasteiger partial charge in [-0.15, -0.1) is 0 Å². The summed E-state index contributed by atoms with van der Waals surface area (Å²) in [6.07, 6.45) is 0.524. The fraction of sp³-hybridized carbons (Fsp3) is 0.381. The van der Waals surface area contributed by atoms with Gasteiger partial charge in [0.05, 0.1) is 23.9 Å². The highest BCUT2D eigenvalue weighted by Crippen LogP contribution is 2.18. The first-order chi connectivity index (χ1) is 14.2. The fourth-order valence-electron chi connectivity index (χ4n) is 2.75. The van der Waals surface area contributed by atoms with Crippen LogP contribution in [0.15, 0.2) is 42.6 Å². The minimum absolute atomic E-state index is 0.0393. The number of ether oxygens (including phenoxy) is 2. The molecule has 7 nitrogen and oxygen atoms in total. The molecule has 2 rings (SSSR count). The van der Waals surface area contributed by atoms with E-state index in [1.165, 1.54) is 30.5 Å². The second-order valence-electron chi connectivity index (χ2n) is 6.99. The molecule has 0 fully saturated rings. The number of carboxylic acid groups (broad SMARTS) is 1. The SMILES string of the molecule is CC(C)[C@@H](OCc1cc(OC(F)F)ccn1)C(=O)N[C@@H](C)c1ccc(C(=O)O)cc1. The third-order valence-electron chi connectivity index (χ3n) is 4.30. The van der Waals surface area contributed by atoms with Gasteiger partial charge in [-0.1, -0.05) is 26.0 Å². The number of halogens is 2. The van der Waals surface area contributed by atoms with Crippen LogP contribution in [0.5, 0.6) is 5.75 Å². The lowest BCUT2D eigenvalue weighted by molar-refractivity contribution is -0.137. The lowest BCUT2D eigenvalue weighted by atomic mass is 10.0. The molecule has 0 spiro atoms. The maximum atomic E-state index is 12.7. The van der Waals surface area contributed by atoms with E-state index in [0.717, 1.165) is 5.56 Å². The highest BCUT2D eigenvalue weighted by Gasteiger charge is 2.25. The van der Waals surface area contributed by atoms with Crippen LogP contribution in [0, 0.1) is 5.92 Å². The van der Waals surface area contributed by atoms with Gasteiger partial charge in [0.25, 0.3) is 0 Å². The Morgan fingerprint density at radius 2 is 1.80 bits per heavy atom. The highest BCUT2D eigenvalue weighted by atomic mass is 19.3. The first-order valence-electron chi connectivity index (χ1n) is 9.32. The van der Waals surface area contributed by atoms with Crippen molar-refractivity contribution in [3.63, 3.8) is 0 Å². The number of benzene rings is 1. The molecule has 2 atom stereocenters. The number of pyridine rings is 1. The van der Waals surface area contributed by atoms with Gasteiger partial charge in [0.2, 0.25) is 5.91 Å². The fourth-order valence-corrected chi connectivity index (χ4v) is 2.75. The van der Waals surface area contributed by atoms with Crippen molar-refractivity contribution >= 4 is 11.9 Å². The third kappa shape index (κ3) is 6.77. The first kappa shape index (κ1) is 23.2. The number of hydrogen-bond donors (Lipinski definition) is 2. The molecule has 2 aromatic rings. The zero-order valence-electron chi connectivity index (χ0n) is 16.8. The van der Waals surface area contributed by atoms with Crippen LogP contribution >= 0.6 is 0 Å². The van der Waals surface area contributed by atoms with Crippen LogP contribution in [-0.2, 0) is 16.1 Å². The van der Waals surface area contributed by atoms with Gasteiger partial charge in [-0.3, -0.25) is 9.78 Å². The molecule has 0 aliphatic heterocycles. The summed E-state index contributed by atoms with van der Waals surface area (Å²) < 4.78 is 34.7. The summed E-state index contributed by atoms with van der Waals surface area (Å²) in [5.41, 5.74) is 1.25. The average Bonchev–Trinajstić information content (AvgIpc) is 2.67. The molecule has 0 unspecified atom stereocenters. The number of rotatable bonds is 10. The Balaban J connectivity index is 1.99. The van der Waals surface area contributed by atoms with Crippen molar-refractivity contribution in [1.29, 1.82) is 0 Å². The molecule has 0 radical (unpaired) electrons. The van der Waals surface area contributed by atoms with Crippen LogP contribution in [0.2, 0.25) is 0 Å². The van der Waals surface area contributed by atoms with E-state index >= 15 is 0 Å². The zero-order chi connectivity index (χ0) is 22.3. The summed E-state index contributed by atoms with van der Waals surface area (Å²) >= 11 is 0. The molecule has 30 heavy (non-hydrogen) atoms. The van der Waals surface area contributed by atoms with Crippen LogP contribution in [0.25, 0.3) is 0 Å². The number of alkyl halides is 2. The summed E-state index contributed by atoms with van der Waals surface area (Å²) in [6.45, 7) is 2.41. The van der Waals surface area contributed by atoms with Crippen LogP contribution < -0.4 is 10.1 Å². The van der Waals surface area contributed by atoms with E-state index in [2.05, 4.69) is 15.0 Å². The average molecular weight is 422 g/mol. The highest BCUT2D eigenvalue weighted by molar-refractivity contribution is 5.87. The molecule has 1 aromatic carbocycles. The largest absolute Gasteiger partial charge is 0.478 e. The molecule has 0 saturated carbocycles. The summed E-state index contributed by atoms with van der Waals surface area (Å²) in [7, 11) is 0. The van der Waals surface area contributed by atoms with Crippen molar-refractivity contribution < 1.29 is 33.0 Å². The Hall–Kier alpha value is -3.07. The molecule has 1 aromatic heterocycles. The second kappa shape index (κ2) is 10.6. The topological polar surface area (TPSA) is 97.8 Å². The molecule has 162 valence electrons. The van der Waals surface area contributed by atoms with E-state index in [9.17, 15) is 18.4 Å². The number of amides is 1. The van der Waals surface area contributed by atoms with Crippen molar-refractivity contribution in [2.24, 2.45) is 5.92 Å². The minimum Gasteiger partial charge on any atom is -0.478 e. The Labute approximate surface area is 173 Å². The number of carbonyl (C=O) groups excluding carboxylic acids is 1. The van der Waals surface area contributed by atoms with Crippen molar-refractivity contribution in [3.05, 3.63) is 59.4 Å². The monoisotopic (exact) mass is 422 g/mol. The molecule has 1 amide bonds. The summed E-state index contributed by atoms with van der Waals surface area (Å²) in [5, 5.41) is 11.8. The van der Waals surface area contributed by atoms with E-state index in [1.807, 2.05) is 13.8 Å². The lowest BCUT2D eigenvalue weighted by Crippen LogP contribution is -2.40. The third-order valence-corrected chi connectivity index (χ3v) is 4.30. The number of nitrogens with one attached hydrogen (secondary N) is 1. The standard InChI is InChI=1S/C21H24F2N2O5/c1-12(2)18(29-11-16-10-17(8-9-24-16)30-21(22)23)19(26)25-13(3)14-4-6-15(7-5-14)20(27)28/h4-10,12-13,18,21H,11H2,1-3H3,(H,25,26)(H,27,28)/t13-,18+/m0/s1. The number of carbonyl (C=O) groups is 2. The smallest absolute Gasteiger partial charge is 0.387 e. The van der Waals surface area contributed by atoms with E-state index < -0.39 is 18.7 Å². The van der Waals surface area contributed by atoms with Gasteiger partial charge >= 0.3 is 12.6 Å². The predicted octanol–water partition coefficient (Wildman–Crippen LogP) is 3.80. The van der Waals surface area contributed by atoms with Crippen LogP contribution in [0.1, 0.15) is 48.4 Å². The normalized spacial score (nSPS) is 13.2. The summed E-state index contributed by atoms with van der Waals surface area (Å²) in [5.74, 6) is -1.57. The van der Waals surface area contributed by atoms with E-state index in [0.29, 0.717) is 5.69 Å². The maximum absolute atomic E-state index is 12.7. The molecule has 1 heterocycles. The Bertz CT molecular complexity index is 859. The van der Waals surface area contributed by atoms with Crippen molar-refractivity contribution in [2.45, 2.75) is 46.1 Å². The zero-order valence-corrected chi connectivity index (χ0v) is 16.8. The van der Waals surface area contributed by atoms with Crippen molar-refractivity contribution in [1.82, 2.24) is 10.3 Å². The molecule has 0 saturated heterocycles. The van der Waals surface area contributed by atoms with Gasteiger partial charge in [0.15, 0.2) is 0 Å². The van der Waals surface area contributed by atoms with Crippen molar-refractivity contribution in [2.75, 3.05) is 0 Å². The molecule has 0 bridgehead atoms. The van der Waals surface area contributed by atoms with Crippen LogP contribution in [-0.4, -0.2) is 34.7 Å². The Kier molecular flexibility index (Phi) is 8.23. The lowest BCUT2D eigenvalue weighted by Gasteiger charge is -2.23. The van der Waals surface area contributed by atoms with Gasteiger partial charge in [-0.05, 0) is 36.6 Å². The number of carboxylic acids is 1. The minimum atomic E-state index is -2.94. The van der Waals surface area contributed by atoms with Gasteiger partial charge in [0.1, 0.15) is 11.9 Å². The molecule has 0 aliphatic rings. The van der Waals surface area contributed by atoms with Gasteiger partial charge < -0.3 is 19.9 Å². The molecular weight excluding hydrogens is 398 g/mol. The van der Waals surface area contributed by atoms with Gasteiger partial charge in [0, 0.05) is 12.3 Å². The Morgan fingerprint density at radius 1 is 1.13 bits per heavy atom. The quantitative estimate of drug-likeness (QED) is 0.604. The van der Waals surface area contributed by atoms with Crippen LogP contribution in [0.3, 0.4) is 0 Å². The van der Waals surface area contributed by atoms with E-state index in [1.54, 1.807) is 19.1 Å². The Morgan fingerprint density at radius 3 is 2.37 bits per heavy atom. The molecule has 2 N–H and O–H groups in total. The molecule has 0 aliphatic carbocycles. The second-order valence-corrected chi connectivity index (χ2v) is 6.99. The predicted molar refractivity (Wildman–Crippen MR) is 104 cm³/mol. The summed E-state index contributed by atoms with van der Waals surface area (Å²) in [6, 6.07) is 8.48. The molecule has 9 heteroatoms.